The van der Waals surface area contributed by atoms with Crippen LogP contribution in [0.2, 0.25) is 0 Å². The summed E-state index contributed by atoms with van der Waals surface area (Å²) in [6.07, 6.45) is -14.4. The predicted molar refractivity (Wildman–Crippen MR) is 372 cm³/mol. The smallest absolute Gasteiger partial charge is 0.303 e. The Morgan fingerprint density at radius 2 is 0.757 bits per heavy atom. The molecule has 103 heavy (non-hydrogen) atoms. The molecule has 29 heteroatoms. The lowest BCUT2D eigenvalue weighted by Gasteiger charge is -2.50. The molecular weight excluding hydrogens is 1410 g/mol. The second-order valence-corrected chi connectivity index (χ2v) is 31.4. The van der Waals surface area contributed by atoms with Gasteiger partial charge in [0, 0.05) is 51.4 Å². The number of aliphatic hydroxyl groups is 1. The van der Waals surface area contributed by atoms with Gasteiger partial charge >= 0.3 is 23.9 Å². The number of hydrogen-bond acceptors (Lipinski definition) is 26. The average Bonchev–Trinajstić information content (AvgIpc) is 1.73. The molecule has 0 aliphatic carbocycles. The zero-order chi connectivity index (χ0) is 75.9. The molecule has 8 saturated heterocycles. The third kappa shape index (κ3) is 21.7. The van der Waals surface area contributed by atoms with Crippen molar-refractivity contribution in [3.05, 3.63) is 71.8 Å². The Labute approximate surface area is 620 Å². The van der Waals surface area contributed by atoms with E-state index < -0.39 is 156 Å². The van der Waals surface area contributed by atoms with Crippen LogP contribution in [-0.2, 0) is 127 Å². The van der Waals surface area contributed by atoms with Crippen LogP contribution in [0.15, 0.2) is 60.7 Å². The summed E-state index contributed by atoms with van der Waals surface area (Å²) >= 11 is 17.3. The van der Waals surface area contributed by atoms with E-state index in [9.17, 15) is 24.3 Å². The fourth-order valence-electron chi connectivity index (χ4n) is 14.4. The number of hydrogen-bond donors (Lipinski definition) is 2. The molecule has 0 amide bonds. The van der Waals surface area contributed by atoms with Crippen molar-refractivity contribution in [2.45, 2.75) is 328 Å². The lowest BCUT2D eigenvalue weighted by molar-refractivity contribution is -0.369. The fourth-order valence-corrected chi connectivity index (χ4v) is 14.5. The predicted octanol–water partition coefficient (Wildman–Crippen LogP) is 11.1. The number of alkyl halides is 3. The number of benzene rings is 2. The highest BCUT2D eigenvalue weighted by Crippen LogP contribution is 2.45. The normalized spacial score (nSPS) is 40.3. The van der Waals surface area contributed by atoms with Crippen LogP contribution in [0.4, 0.5) is 0 Å². The van der Waals surface area contributed by atoms with Gasteiger partial charge in [0.15, 0.2) is 67.4 Å². The molecule has 0 radical (unpaired) electrons. The highest BCUT2D eigenvalue weighted by molar-refractivity contribution is 6.76. The number of carbonyl (C=O) groups is 4. The quantitative estimate of drug-likeness (QED) is 0.0434. The molecule has 0 aromatic heterocycles. The Balaban J connectivity index is 0.000000212. The molecule has 2 N–H and O–H groups in total. The zero-order valence-electron chi connectivity index (χ0n) is 62.8. The molecule has 8 fully saturated rings. The molecule has 10 rings (SSSR count). The summed E-state index contributed by atoms with van der Waals surface area (Å²) in [5.74, 6) is -4.78. The van der Waals surface area contributed by atoms with Gasteiger partial charge in [-0.2, -0.15) is 0 Å². The third-order valence-electron chi connectivity index (χ3n) is 20.5. The SMILES string of the molecule is CC1O[C@H](OCc2ccccc2)[C@@H](O)C2OC(C)(C)O[C@@H]12.CCC1O[C@@H](O[C@@H]2C(OC(C)=O)C(OC(=N)C(Cl)(Cl)Cl)OC(C)[C@@H]2C)[C@@H](OC(C)=O)C(C)[C@@H]1C.CCC1O[C@@H](O[C@@H]2C(OC(C)=O)[C@H](O[C@@H]3C(OCc4ccccc4)OC(C)[C@@H]4OC(C)(C)OC34)OC(C)[C@@H]2C)[C@@H](OC(C)=O)C(C)[C@@H]1C. The Kier molecular flexibility index (Phi) is 30.0. The van der Waals surface area contributed by atoms with Crippen LogP contribution in [0.5, 0.6) is 0 Å². The standard InChI is InChI=1S/C36H54O12.C22H34Cl3NO8.C16H22O5/c1-11-26-18(2)19(3)28(42-23(7)37)34(44-26)45-27-20(4)21(5)40-35(31(27)43-24(8)38)46-32-30-29(47-36(9,10)48-30)22(6)41-33(32)39-17-25-15-13-12-14-16-25;1-8-15-9(2)10(3)17(30-13(6)27)19(32-15)33-16-11(4)12(5)29-20(18(16)31-14(7)28)34-21(26)22(23,24)25;1-10-13-14(21-16(2,3)20-13)12(17)15(19-10)18-9-11-7-5-4-6-8-11/h12-16,18-22,26-35H,11,17H2,1-10H3;9-12,15-20,26H,8H2,1-7H3;4-8,10,12-15,17H,9H2,1-3H3/t18-,19?,20-,21?,22?,26?,27-,28-,29-,30?,31?,32-,33?,34-,35-;9-,10?,11-,12?,15?,16-,17-,18?,19-,20?;10?,12-,13-,14?,15-/m000/s1. The number of ether oxygens (including phenoxy) is 20. The second-order valence-electron chi connectivity index (χ2n) is 29.2. The number of carbonyl (C=O) groups excluding carboxylic acids is 4. The fraction of sp³-hybridized carbons (Fsp3) is 0.770. The minimum Gasteiger partial charge on any atom is -0.457 e. The van der Waals surface area contributed by atoms with Crippen molar-refractivity contribution in [1.29, 1.82) is 5.41 Å². The molecule has 2 aromatic rings. The topological polar surface area (TPSA) is 297 Å². The van der Waals surface area contributed by atoms with Crippen LogP contribution in [-0.4, -0.2) is 198 Å². The highest BCUT2D eigenvalue weighted by Gasteiger charge is 2.60. The second kappa shape index (κ2) is 36.5. The maximum Gasteiger partial charge on any atom is 0.303 e. The Morgan fingerprint density at radius 1 is 0.417 bits per heavy atom. The molecule has 2 aromatic carbocycles. The maximum absolute atomic E-state index is 12.6. The number of fused-ring (bicyclic) bond motifs is 2. The van der Waals surface area contributed by atoms with Gasteiger partial charge in [-0.3, -0.25) is 24.6 Å². The van der Waals surface area contributed by atoms with E-state index in [4.69, 9.17) is 135 Å². The van der Waals surface area contributed by atoms with E-state index in [1.54, 1.807) is 6.92 Å². The maximum atomic E-state index is 12.6. The Hall–Kier alpha value is -3.98. The largest absolute Gasteiger partial charge is 0.457 e. The van der Waals surface area contributed by atoms with Gasteiger partial charge in [-0.1, -0.05) is 151 Å². The van der Waals surface area contributed by atoms with Crippen molar-refractivity contribution >= 4 is 64.6 Å². The van der Waals surface area contributed by atoms with Crippen molar-refractivity contribution < 1.29 is 119 Å². The molecule has 8 heterocycles. The van der Waals surface area contributed by atoms with Crippen LogP contribution in [0, 0.1) is 40.9 Å². The summed E-state index contributed by atoms with van der Waals surface area (Å²) in [7, 11) is 0. The van der Waals surface area contributed by atoms with Gasteiger partial charge in [-0.25, -0.2) is 0 Å². The molecule has 0 spiro atoms. The molecule has 26 nitrogen and oxygen atoms in total. The Bertz CT molecular complexity index is 3060. The summed E-state index contributed by atoms with van der Waals surface area (Å²) in [6.45, 7) is 36.8. The molecule has 0 bridgehead atoms. The van der Waals surface area contributed by atoms with E-state index in [1.807, 2.05) is 151 Å². The average molecular weight is 1520 g/mol. The summed E-state index contributed by atoms with van der Waals surface area (Å²) in [5, 5.41) is 18.3. The molecule has 8 aliphatic rings. The van der Waals surface area contributed by atoms with Crippen molar-refractivity contribution in [2.24, 2.45) is 35.5 Å². The minimum atomic E-state index is -2.14. The zero-order valence-corrected chi connectivity index (χ0v) is 65.1. The van der Waals surface area contributed by atoms with Gasteiger partial charge in [0.1, 0.15) is 48.8 Å². The van der Waals surface area contributed by atoms with Crippen LogP contribution < -0.4 is 0 Å². The first kappa shape index (κ1) is 84.6. The first-order valence-electron chi connectivity index (χ1n) is 35.9. The molecule has 14 unspecified atom stereocenters. The molecular formula is C74H110Cl3NO25. The Morgan fingerprint density at radius 3 is 1.17 bits per heavy atom. The minimum absolute atomic E-state index is 0.0481. The van der Waals surface area contributed by atoms with Crippen molar-refractivity contribution in [3.8, 4) is 0 Å². The van der Waals surface area contributed by atoms with Crippen LogP contribution in [0.3, 0.4) is 0 Å². The van der Waals surface area contributed by atoms with Gasteiger partial charge in [0.25, 0.3) is 3.79 Å². The van der Waals surface area contributed by atoms with Crippen molar-refractivity contribution in [3.63, 3.8) is 0 Å². The van der Waals surface area contributed by atoms with E-state index in [0.29, 0.717) is 6.61 Å². The van der Waals surface area contributed by atoms with Crippen LogP contribution in [0.25, 0.3) is 0 Å². The molecule has 8 aliphatic heterocycles. The van der Waals surface area contributed by atoms with E-state index in [-0.39, 0.29) is 78.7 Å². The number of nitrogens with one attached hydrogen (secondary N) is 1. The number of esters is 4. The van der Waals surface area contributed by atoms with Gasteiger partial charge < -0.3 is 99.8 Å². The number of halogens is 3. The summed E-state index contributed by atoms with van der Waals surface area (Å²) in [6, 6.07) is 19.6. The lowest BCUT2D eigenvalue weighted by atomic mass is 9.82. The van der Waals surface area contributed by atoms with Crippen molar-refractivity contribution in [1.82, 2.24) is 0 Å². The third-order valence-corrected chi connectivity index (χ3v) is 21.0. The summed E-state index contributed by atoms with van der Waals surface area (Å²) < 4.78 is 119. The lowest BCUT2D eigenvalue weighted by Crippen LogP contribution is -2.63. The van der Waals surface area contributed by atoms with Gasteiger partial charge in [0.2, 0.25) is 12.2 Å². The van der Waals surface area contributed by atoms with Gasteiger partial charge in [-0.15, -0.1) is 0 Å². The van der Waals surface area contributed by atoms with Gasteiger partial charge in [-0.05, 0) is 91.2 Å². The van der Waals surface area contributed by atoms with E-state index >= 15 is 0 Å². The monoisotopic (exact) mass is 1520 g/mol. The van der Waals surface area contributed by atoms with Crippen molar-refractivity contribution in [2.75, 3.05) is 0 Å². The molecule has 582 valence electrons. The van der Waals surface area contributed by atoms with E-state index in [2.05, 4.69) is 13.8 Å². The van der Waals surface area contributed by atoms with Crippen LogP contribution >= 0.6 is 34.8 Å². The van der Waals surface area contributed by atoms with E-state index in [0.717, 1.165) is 24.0 Å². The first-order chi connectivity index (χ1) is 48.3. The summed E-state index contributed by atoms with van der Waals surface area (Å²) in [4.78, 5) is 48.6. The highest BCUT2D eigenvalue weighted by atomic mass is 35.6. The molecule has 0 saturated carbocycles. The van der Waals surface area contributed by atoms with Gasteiger partial charge in [0.05, 0.1) is 49.8 Å². The molecule has 30 atom stereocenters. The first-order valence-corrected chi connectivity index (χ1v) is 37.1. The summed E-state index contributed by atoms with van der Waals surface area (Å²) in [5.41, 5.74) is 2.00. The number of rotatable bonds is 19. The number of aliphatic hydroxyl groups excluding tert-OH is 1. The van der Waals surface area contributed by atoms with Crippen LogP contribution in [0.1, 0.15) is 162 Å². The van der Waals surface area contributed by atoms with E-state index in [1.165, 1.54) is 27.7 Å².